The average Bonchev–Trinajstić information content (AvgIpc) is 3.10. The van der Waals surface area contributed by atoms with Crippen LogP contribution in [0, 0.1) is 0 Å². The minimum Gasteiger partial charge on any atom is -0.399 e. The molecule has 2 aromatic carbocycles. The Morgan fingerprint density at radius 1 is 1.24 bits per heavy atom. The summed E-state index contributed by atoms with van der Waals surface area (Å²) >= 11 is 12.5. The van der Waals surface area contributed by atoms with E-state index in [0.29, 0.717) is 40.1 Å². The molecule has 0 radical (unpaired) electrons. The highest BCUT2D eigenvalue weighted by molar-refractivity contribution is 6.40. The molecule has 6 nitrogen and oxygen atoms in total. The lowest BCUT2D eigenvalue weighted by Gasteiger charge is -2.25. The van der Waals surface area contributed by atoms with E-state index in [4.69, 9.17) is 28.9 Å². The number of anilines is 2. The highest BCUT2D eigenvalue weighted by Gasteiger charge is 2.33. The average molecular weight is 434 g/mol. The van der Waals surface area contributed by atoms with E-state index in [1.165, 1.54) is 0 Å². The molecule has 0 fully saturated rings. The van der Waals surface area contributed by atoms with Gasteiger partial charge in [0.2, 0.25) is 0 Å². The Kier molecular flexibility index (Phi) is 7.00. The number of halogens is 2. The summed E-state index contributed by atoms with van der Waals surface area (Å²) in [5.74, 6) is -0.156. The maximum Gasteiger partial charge on any atom is 0.267 e. The van der Waals surface area contributed by atoms with Gasteiger partial charge in [0.05, 0.1) is 16.8 Å². The Hall–Kier alpha value is -2.28. The SMILES string of the molecule is CN(C)CCCNC(=O)C1=NN(c2ccc(N)cc2Cl)C(c2ccc(Cl)cc2)C1. The smallest absolute Gasteiger partial charge is 0.267 e. The predicted octanol–water partition coefficient (Wildman–Crippen LogP) is 3.95. The van der Waals surface area contributed by atoms with Crippen molar-refractivity contribution in [2.75, 3.05) is 37.9 Å². The van der Waals surface area contributed by atoms with E-state index in [0.717, 1.165) is 18.5 Å². The van der Waals surface area contributed by atoms with Crippen molar-refractivity contribution in [1.29, 1.82) is 0 Å². The first-order valence-electron chi connectivity index (χ1n) is 9.45. The van der Waals surface area contributed by atoms with Crippen molar-refractivity contribution in [2.24, 2.45) is 5.10 Å². The van der Waals surface area contributed by atoms with Crippen LogP contribution in [0.3, 0.4) is 0 Å². The molecule has 2 aromatic rings. The quantitative estimate of drug-likeness (QED) is 0.511. The number of nitrogen functional groups attached to an aromatic ring is 1. The summed E-state index contributed by atoms with van der Waals surface area (Å²) in [6, 6.07) is 12.7. The predicted molar refractivity (Wildman–Crippen MR) is 121 cm³/mol. The molecule has 154 valence electrons. The van der Waals surface area contributed by atoms with E-state index in [1.54, 1.807) is 17.1 Å². The summed E-state index contributed by atoms with van der Waals surface area (Å²) in [6.45, 7) is 1.51. The molecule has 1 unspecified atom stereocenters. The number of hydrogen-bond acceptors (Lipinski definition) is 5. The molecule has 1 heterocycles. The van der Waals surface area contributed by atoms with Crippen LogP contribution in [-0.2, 0) is 4.79 Å². The zero-order valence-corrected chi connectivity index (χ0v) is 18.0. The van der Waals surface area contributed by atoms with Gasteiger partial charge < -0.3 is 16.0 Å². The van der Waals surface area contributed by atoms with Gasteiger partial charge in [-0.25, -0.2) is 0 Å². The molecular weight excluding hydrogens is 409 g/mol. The van der Waals surface area contributed by atoms with E-state index in [1.807, 2.05) is 44.4 Å². The van der Waals surface area contributed by atoms with E-state index >= 15 is 0 Å². The van der Waals surface area contributed by atoms with Crippen LogP contribution in [0.5, 0.6) is 0 Å². The largest absolute Gasteiger partial charge is 0.399 e. The van der Waals surface area contributed by atoms with Crippen molar-refractivity contribution >= 4 is 46.2 Å². The highest BCUT2D eigenvalue weighted by atomic mass is 35.5. The van der Waals surface area contributed by atoms with Crippen LogP contribution in [0.1, 0.15) is 24.4 Å². The molecule has 0 bridgehead atoms. The lowest BCUT2D eigenvalue weighted by atomic mass is 10.0. The van der Waals surface area contributed by atoms with Gasteiger partial charge in [-0.15, -0.1) is 0 Å². The van der Waals surface area contributed by atoms with Crippen molar-refractivity contribution in [3.05, 3.63) is 58.1 Å². The van der Waals surface area contributed by atoms with E-state index in [-0.39, 0.29) is 11.9 Å². The molecule has 0 saturated carbocycles. The Morgan fingerprint density at radius 3 is 2.62 bits per heavy atom. The van der Waals surface area contributed by atoms with Gasteiger partial charge >= 0.3 is 0 Å². The zero-order chi connectivity index (χ0) is 21.0. The van der Waals surface area contributed by atoms with E-state index < -0.39 is 0 Å². The summed E-state index contributed by atoms with van der Waals surface area (Å²) in [4.78, 5) is 14.8. The maximum atomic E-state index is 12.7. The summed E-state index contributed by atoms with van der Waals surface area (Å²) in [6.07, 6.45) is 1.35. The Bertz CT molecular complexity index is 898. The van der Waals surface area contributed by atoms with Crippen LogP contribution < -0.4 is 16.1 Å². The number of nitrogens with one attached hydrogen (secondary N) is 1. The first-order chi connectivity index (χ1) is 13.8. The maximum absolute atomic E-state index is 12.7. The summed E-state index contributed by atoms with van der Waals surface area (Å²) < 4.78 is 0. The Morgan fingerprint density at radius 2 is 1.97 bits per heavy atom. The van der Waals surface area contributed by atoms with Crippen molar-refractivity contribution < 1.29 is 4.79 Å². The van der Waals surface area contributed by atoms with Gasteiger partial charge in [0.15, 0.2) is 0 Å². The minimum atomic E-state index is -0.157. The van der Waals surface area contributed by atoms with E-state index in [9.17, 15) is 4.79 Å². The van der Waals surface area contributed by atoms with Gasteiger partial charge in [-0.1, -0.05) is 35.3 Å². The van der Waals surface area contributed by atoms with Crippen LogP contribution in [0.25, 0.3) is 0 Å². The standard InChI is InChI=1S/C21H25Cl2N5O/c1-27(2)11-3-10-25-21(29)18-13-20(14-4-6-15(22)7-5-14)28(26-18)19-9-8-16(24)12-17(19)23/h4-9,12,20H,3,10-11,13,24H2,1-2H3,(H,25,29). The van der Waals surface area contributed by atoms with E-state index in [2.05, 4.69) is 15.3 Å². The molecule has 0 aliphatic carbocycles. The number of nitrogens with zero attached hydrogens (tertiary/aromatic N) is 3. The topological polar surface area (TPSA) is 74.0 Å². The number of amides is 1. The summed E-state index contributed by atoms with van der Waals surface area (Å²) in [5.41, 5.74) is 8.59. The van der Waals surface area contributed by atoms with Gasteiger partial charge in [0, 0.05) is 23.7 Å². The van der Waals surface area contributed by atoms with Crippen LogP contribution in [0.2, 0.25) is 10.0 Å². The molecule has 1 amide bonds. The van der Waals surface area contributed by atoms with Crippen LogP contribution in [0.4, 0.5) is 11.4 Å². The fourth-order valence-corrected chi connectivity index (χ4v) is 3.62. The summed E-state index contributed by atoms with van der Waals surface area (Å²) in [7, 11) is 4.02. The molecule has 1 atom stereocenters. The Labute approximate surface area is 181 Å². The second-order valence-electron chi connectivity index (χ2n) is 7.29. The molecule has 8 heteroatoms. The number of rotatable bonds is 7. The second-order valence-corrected chi connectivity index (χ2v) is 8.13. The van der Waals surface area contributed by atoms with Crippen molar-refractivity contribution in [1.82, 2.24) is 10.2 Å². The molecular formula is C21H25Cl2N5O. The first kappa shape index (κ1) is 21.4. The van der Waals surface area contributed by atoms with Gasteiger partial charge in [0.25, 0.3) is 5.91 Å². The lowest BCUT2D eigenvalue weighted by Crippen LogP contribution is -2.32. The van der Waals surface area contributed by atoms with Crippen LogP contribution >= 0.6 is 23.2 Å². The normalized spacial score (nSPS) is 16.2. The number of carbonyl (C=O) groups is 1. The molecule has 29 heavy (non-hydrogen) atoms. The first-order valence-corrected chi connectivity index (χ1v) is 10.2. The van der Waals surface area contributed by atoms with Gasteiger partial charge in [-0.3, -0.25) is 9.80 Å². The number of hydrazone groups is 1. The van der Waals surface area contributed by atoms with Gasteiger partial charge in [-0.05, 0) is 63.0 Å². The number of hydrogen-bond donors (Lipinski definition) is 2. The molecule has 1 aliphatic rings. The molecule has 1 aliphatic heterocycles. The molecule has 3 rings (SSSR count). The fourth-order valence-electron chi connectivity index (χ4n) is 3.22. The minimum absolute atomic E-state index is 0.156. The zero-order valence-electron chi connectivity index (χ0n) is 16.5. The molecule has 0 saturated heterocycles. The van der Waals surface area contributed by atoms with Gasteiger partial charge in [0.1, 0.15) is 5.71 Å². The van der Waals surface area contributed by atoms with Gasteiger partial charge in [-0.2, -0.15) is 5.10 Å². The highest BCUT2D eigenvalue weighted by Crippen LogP contribution is 2.39. The van der Waals surface area contributed by atoms with Crippen molar-refractivity contribution in [2.45, 2.75) is 18.9 Å². The summed E-state index contributed by atoms with van der Waals surface area (Å²) in [5, 5.41) is 10.5. The van der Waals surface area contributed by atoms with Crippen LogP contribution in [0.15, 0.2) is 47.6 Å². The lowest BCUT2D eigenvalue weighted by molar-refractivity contribution is -0.114. The van der Waals surface area contributed by atoms with Crippen LogP contribution in [-0.4, -0.2) is 43.7 Å². The van der Waals surface area contributed by atoms with Crippen molar-refractivity contribution in [3.8, 4) is 0 Å². The molecule has 0 aromatic heterocycles. The molecule has 0 spiro atoms. The number of benzene rings is 2. The third-order valence-electron chi connectivity index (χ3n) is 4.71. The third kappa shape index (κ3) is 5.41. The third-order valence-corrected chi connectivity index (χ3v) is 5.27. The number of nitrogens with two attached hydrogens (primary N) is 1. The fraction of sp³-hybridized carbons (Fsp3) is 0.333. The Balaban J connectivity index is 1.83. The molecule has 3 N–H and O–H groups in total. The second kappa shape index (κ2) is 9.48. The number of carbonyl (C=O) groups excluding carboxylic acids is 1. The monoisotopic (exact) mass is 433 g/mol. The van der Waals surface area contributed by atoms with Crippen molar-refractivity contribution in [3.63, 3.8) is 0 Å².